The molecule has 26 heavy (non-hydrogen) atoms. The van der Waals surface area contributed by atoms with Gasteiger partial charge in [0.15, 0.2) is 0 Å². The Morgan fingerprint density at radius 1 is 1.08 bits per heavy atom. The van der Waals surface area contributed by atoms with Gasteiger partial charge in [0.05, 0.1) is 5.57 Å². The van der Waals surface area contributed by atoms with Gasteiger partial charge in [-0.1, -0.05) is 24.3 Å². The molecule has 4 rings (SSSR count). The topological polar surface area (TPSA) is 58.6 Å². The second-order valence-corrected chi connectivity index (χ2v) is 6.91. The van der Waals surface area contributed by atoms with Gasteiger partial charge in [-0.2, -0.15) is 0 Å². The maximum absolute atomic E-state index is 13.2. The van der Waals surface area contributed by atoms with Crippen LogP contribution in [0.1, 0.15) is 24.0 Å². The van der Waals surface area contributed by atoms with Crippen LogP contribution in [0.15, 0.2) is 48.2 Å². The molecule has 2 aliphatic heterocycles. The third-order valence-electron chi connectivity index (χ3n) is 5.30. The summed E-state index contributed by atoms with van der Waals surface area (Å²) in [5.74, 6) is -0.452. The lowest BCUT2D eigenvalue weighted by molar-refractivity contribution is -0.117. The van der Waals surface area contributed by atoms with Crippen LogP contribution in [0.4, 0.5) is 4.39 Å². The van der Waals surface area contributed by atoms with E-state index in [4.69, 9.17) is 4.74 Å². The van der Waals surface area contributed by atoms with E-state index in [1.54, 1.807) is 12.1 Å². The number of amides is 1. The average molecular weight is 353 g/mol. The fourth-order valence-corrected chi connectivity index (χ4v) is 3.73. The number of nitrogens with one attached hydrogen (secondary N) is 1. The molecule has 0 aromatic heterocycles. The molecule has 2 heterocycles. The second-order valence-electron chi connectivity index (χ2n) is 6.91. The number of aliphatic hydroxyl groups excluding tert-OH is 1. The molecule has 1 fully saturated rings. The zero-order valence-electron chi connectivity index (χ0n) is 14.5. The molecule has 134 valence electrons. The quantitative estimate of drug-likeness (QED) is 0.864. The van der Waals surface area contributed by atoms with Crippen LogP contribution in [0, 0.1) is 12.7 Å². The highest BCUT2D eigenvalue weighted by atomic mass is 19.1. The molecule has 2 aliphatic rings. The van der Waals surface area contributed by atoms with Gasteiger partial charge in [0.1, 0.15) is 17.1 Å². The highest BCUT2D eigenvalue weighted by Crippen LogP contribution is 2.39. The molecule has 2 aromatic carbocycles. The first-order valence-electron chi connectivity index (χ1n) is 8.71. The summed E-state index contributed by atoms with van der Waals surface area (Å²) in [5.41, 5.74) is 2.93. The van der Waals surface area contributed by atoms with E-state index in [1.807, 2.05) is 25.1 Å². The Morgan fingerprint density at radius 3 is 2.42 bits per heavy atom. The van der Waals surface area contributed by atoms with Crippen LogP contribution in [0.2, 0.25) is 0 Å². The van der Waals surface area contributed by atoms with Gasteiger partial charge in [0.25, 0.3) is 5.91 Å². The number of rotatable bonds is 2. The molecule has 1 amide bonds. The normalized spacial score (nSPS) is 19.1. The summed E-state index contributed by atoms with van der Waals surface area (Å²) in [7, 11) is 0. The van der Waals surface area contributed by atoms with Gasteiger partial charge in [-0.15, -0.1) is 0 Å². The molecule has 1 spiro atoms. The first-order chi connectivity index (χ1) is 12.5. The van der Waals surface area contributed by atoms with Gasteiger partial charge in [-0.05, 0) is 47.4 Å². The fraction of sp³-hybridized carbons (Fsp3) is 0.286. The standard InChI is InChI=1S/C21H20FNO3/c1-13-2-3-15(14-4-6-16(22)7-5-14)12-17(13)18-19(24)21(23-20(18)25)8-10-26-11-9-21/h2-7,12,24H,8-11H2,1H3,(H,23,25). The van der Waals surface area contributed by atoms with E-state index in [9.17, 15) is 14.3 Å². The maximum Gasteiger partial charge on any atom is 0.256 e. The van der Waals surface area contributed by atoms with Crippen LogP contribution >= 0.6 is 0 Å². The van der Waals surface area contributed by atoms with Crippen molar-refractivity contribution in [3.05, 3.63) is 65.2 Å². The lowest BCUT2D eigenvalue weighted by Gasteiger charge is -2.33. The minimum absolute atomic E-state index is 0.102. The van der Waals surface area contributed by atoms with Crippen molar-refractivity contribution in [3.8, 4) is 11.1 Å². The van der Waals surface area contributed by atoms with Crippen molar-refractivity contribution >= 4 is 11.5 Å². The van der Waals surface area contributed by atoms with Gasteiger partial charge in [-0.3, -0.25) is 4.79 Å². The number of carbonyl (C=O) groups excluding carboxylic acids is 1. The van der Waals surface area contributed by atoms with E-state index in [0.717, 1.165) is 16.7 Å². The van der Waals surface area contributed by atoms with Gasteiger partial charge >= 0.3 is 0 Å². The fourth-order valence-electron chi connectivity index (χ4n) is 3.73. The maximum atomic E-state index is 13.2. The summed E-state index contributed by atoms with van der Waals surface area (Å²) in [4.78, 5) is 12.7. The predicted octanol–water partition coefficient (Wildman–Crippen LogP) is 3.75. The molecule has 0 bridgehead atoms. The van der Waals surface area contributed by atoms with E-state index < -0.39 is 5.54 Å². The molecular formula is C21H20FNO3. The SMILES string of the molecule is Cc1ccc(-c2ccc(F)cc2)cc1C1=C(O)C2(CCOCC2)NC1=O. The molecule has 0 saturated carbocycles. The third-order valence-corrected chi connectivity index (χ3v) is 5.30. The highest BCUT2D eigenvalue weighted by Gasteiger charge is 2.47. The number of carbonyl (C=O) groups is 1. The Morgan fingerprint density at radius 2 is 1.73 bits per heavy atom. The van der Waals surface area contributed by atoms with Gasteiger partial charge in [0.2, 0.25) is 0 Å². The van der Waals surface area contributed by atoms with Crippen molar-refractivity contribution < 1.29 is 19.0 Å². The monoisotopic (exact) mass is 353 g/mol. The summed E-state index contributed by atoms with van der Waals surface area (Å²) >= 11 is 0. The number of aliphatic hydroxyl groups is 1. The molecule has 0 atom stereocenters. The Labute approximate surface area is 151 Å². The van der Waals surface area contributed by atoms with Gasteiger partial charge < -0.3 is 15.2 Å². The highest BCUT2D eigenvalue weighted by molar-refractivity contribution is 6.23. The largest absolute Gasteiger partial charge is 0.509 e. The van der Waals surface area contributed by atoms with E-state index in [0.29, 0.717) is 37.2 Å². The summed E-state index contributed by atoms with van der Waals surface area (Å²) in [6.45, 7) is 2.92. The van der Waals surface area contributed by atoms with Crippen LogP contribution in [0.5, 0.6) is 0 Å². The number of aryl methyl sites for hydroxylation is 1. The van der Waals surface area contributed by atoms with Crippen LogP contribution in [-0.2, 0) is 9.53 Å². The van der Waals surface area contributed by atoms with E-state index in [-0.39, 0.29) is 17.5 Å². The van der Waals surface area contributed by atoms with Gasteiger partial charge in [-0.25, -0.2) is 4.39 Å². The van der Waals surface area contributed by atoms with E-state index in [1.165, 1.54) is 12.1 Å². The van der Waals surface area contributed by atoms with Crippen molar-refractivity contribution in [2.45, 2.75) is 25.3 Å². The van der Waals surface area contributed by atoms with Gasteiger partial charge in [0, 0.05) is 26.1 Å². The molecule has 1 saturated heterocycles. The molecule has 0 aliphatic carbocycles. The number of hydrogen-bond donors (Lipinski definition) is 2. The number of ether oxygens (including phenoxy) is 1. The second kappa shape index (κ2) is 6.25. The van der Waals surface area contributed by atoms with Crippen molar-refractivity contribution in [1.82, 2.24) is 5.32 Å². The van der Waals surface area contributed by atoms with Crippen molar-refractivity contribution in [1.29, 1.82) is 0 Å². The molecule has 0 radical (unpaired) electrons. The summed E-state index contributed by atoms with van der Waals surface area (Å²) < 4.78 is 18.6. The lowest BCUT2D eigenvalue weighted by Crippen LogP contribution is -2.48. The summed E-state index contributed by atoms with van der Waals surface area (Å²) in [6.07, 6.45) is 1.12. The van der Waals surface area contributed by atoms with Crippen molar-refractivity contribution in [2.24, 2.45) is 0 Å². The smallest absolute Gasteiger partial charge is 0.256 e. The first kappa shape index (κ1) is 16.8. The molecular weight excluding hydrogens is 333 g/mol. The van der Waals surface area contributed by atoms with E-state index >= 15 is 0 Å². The Kier molecular flexibility index (Phi) is 4.04. The Bertz CT molecular complexity index is 896. The molecule has 2 aromatic rings. The number of benzene rings is 2. The van der Waals surface area contributed by atoms with Crippen molar-refractivity contribution in [3.63, 3.8) is 0 Å². The number of hydrogen-bond acceptors (Lipinski definition) is 3. The van der Waals surface area contributed by atoms with E-state index in [2.05, 4.69) is 5.32 Å². The minimum atomic E-state index is -0.719. The molecule has 0 unspecified atom stereocenters. The van der Waals surface area contributed by atoms with Crippen LogP contribution < -0.4 is 5.32 Å². The lowest BCUT2D eigenvalue weighted by atomic mass is 9.87. The average Bonchev–Trinajstić information content (AvgIpc) is 2.87. The zero-order chi connectivity index (χ0) is 18.3. The first-order valence-corrected chi connectivity index (χ1v) is 8.71. The minimum Gasteiger partial charge on any atom is -0.509 e. The molecule has 4 nitrogen and oxygen atoms in total. The molecule has 2 N–H and O–H groups in total. The van der Waals surface area contributed by atoms with Crippen LogP contribution in [-0.4, -0.2) is 29.8 Å². The Hall–Kier alpha value is -2.66. The van der Waals surface area contributed by atoms with Crippen LogP contribution in [0.3, 0.4) is 0 Å². The summed E-state index contributed by atoms with van der Waals surface area (Å²) in [6, 6.07) is 11.9. The number of halogens is 1. The van der Waals surface area contributed by atoms with Crippen molar-refractivity contribution in [2.75, 3.05) is 13.2 Å². The Balaban J connectivity index is 1.80. The summed E-state index contributed by atoms with van der Waals surface area (Å²) in [5, 5.41) is 13.9. The zero-order valence-corrected chi connectivity index (χ0v) is 14.5. The third kappa shape index (κ3) is 2.69. The van der Waals surface area contributed by atoms with Crippen LogP contribution in [0.25, 0.3) is 16.7 Å². The molecule has 5 heteroatoms. The predicted molar refractivity (Wildman–Crippen MR) is 97.0 cm³/mol.